The predicted octanol–water partition coefficient (Wildman–Crippen LogP) is -1.09. The van der Waals surface area contributed by atoms with Gasteiger partial charge in [-0.2, -0.15) is 13.6 Å². The van der Waals surface area contributed by atoms with Crippen LogP contribution < -0.4 is 11.5 Å². The third-order valence-corrected chi connectivity index (χ3v) is 8.12. The molecule has 1 saturated heterocycles. The summed E-state index contributed by atoms with van der Waals surface area (Å²) < 4.78 is 52.7. The maximum absolute atomic E-state index is 12.0. The number of nitrogens with two attached hydrogens (primary N) is 2. The fourth-order valence-electron chi connectivity index (χ4n) is 2.93. The van der Waals surface area contributed by atoms with Crippen LogP contribution >= 0.6 is 35.1 Å². The van der Waals surface area contributed by atoms with Gasteiger partial charge in [-0.3, -0.25) is 9.09 Å². The maximum atomic E-state index is 12.0. The SMILES string of the molecule is Nc1ncc2ncn([C@@H]3O[C@H](COP(=O)(O)OP(=O)(O)OP(=O)(O)O)[C@H](O)C3(N)C#CCl)c2n1. The van der Waals surface area contributed by atoms with E-state index in [1.165, 1.54) is 17.1 Å². The van der Waals surface area contributed by atoms with Crippen molar-refractivity contribution < 1.29 is 56.3 Å². The smallest absolute Gasteiger partial charge is 0.387 e. The first kappa shape index (κ1) is 27.1. The molecule has 3 rings (SSSR count). The number of anilines is 1. The number of fused-ring (bicyclic) bond motifs is 1. The summed E-state index contributed by atoms with van der Waals surface area (Å²) in [6.45, 7) is -0.992. The second-order valence-electron chi connectivity index (χ2n) is 6.60. The van der Waals surface area contributed by atoms with Gasteiger partial charge in [0.05, 0.1) is 19.1 Å². The zero-order chi connectivity index (χ0) is 25.5. The summed E-state index contributed by atoms with van der Waals surface area (Å²) >= 11 is 5.48. The van der Waals surface area contributed by atoms with E-state index in [1.54, 1.807) is 0 Å². The van der Waals surface area contributed by atoms with Crippen LogP contribution in [0, 0.1) is 11.3 Å². The van der Waals surface area contributed by atoms with Gasteiger partial charge < -0.3 is 40.9 Å². The molecule has 0 radical (unpaired) electrons. The topological polar surface area (TPSA) is 285 Å². The van der Waals surface area contributed by atoms with Gasteiger partial charge in [0.2, 0.25) is 5.95 Å². The molecule has 0 aliphatic carbocycles. The Morgan fingerprint density at radius 2 is 1.88 bits per heavy atom. The van der Waals surface area contributed by atoms with E-state index in [2.05, 4.69) is 34.0 Å². The highest BCUT2D eigenvalue weighted by molar-refractivity contribution is 7.66. The van der Waals surface area contributed by atoms with E-state index in [4.69, 9.17) is 37.6 Å². The van der Waals surface area contributed by atoms with Crippen LogP contribution in [0.3, 0.4) is 0 Å². The van der Waals surface area contributed by atoms with Crippen molar-refractivity contribution in [2.45, 2.75) is 24.0 Å². The Balaban J connectivity index is 1.83. The number of phosphoric ester groups is 1. The van der Waals surface area contributed by atoms with Gasteiger partial charge in [-0.25, -0.2) is 23.7 Å². The third kappa shape index (κ3) is 6.00. The molecule has 3 heterocycles. The van der Waals surface area contributed by atoms with Gasteiger partial charge in [-0.1, -0.05) is 5.92 Å². The minimum atomic E-state index is -5.74. The number of aliphatic hydroxyl groups excluding tert-OH is 1. The highest BCUT2D eigenvalue weighted by Crippen LogP contribution is 2.66. The first-order valence-corrected chi connectivity index (χ1v) is 13.5. The van der Waals surface area contributed by atoms with Gasteiger partial charge in [-0.05, 0) is 11.6 Å². The van der Waals surface area contributed by atoms with Crippen molar-refractivity contribution >= 4 is 52.2 Å². The fourth-order valence-corrected chi connectivity index (χ4v) is 6.13. The number of halogens is 1. The molecule has 0 saturated carbocycles. The molecule has 0 bridgehead atoms. The first-order chi connectivity index (χ1) is 15.6. The summed E-state index contributed by atoms with van der Waals surface area (Å²) in [7, 11) is -16.8. The van der Waals surface area contributed by atoms with Crippen LogP contribution in [-0.4, -0.2) is 68.6 Å². The Morgan fingerprint density at radius 1 is 1.21 bits per heavy atom. The number of rotatable bonds is 8. The van der Waals surface area contributed by atoms with Crippen molar-refractivity contribution in [1.29, 1.82) is 0 Å². The van der Waals surface area contributed by atoms with Crippen molar-refractivity contribution in [2.75, 3.05) is 12.3 Å². The van der Waals surface area contributed by atoms with E-state index >= 15 is 0 Å². The summed E-state index contributed by atoms with van der Waals surface area (Å²) in [5, 5.41) is 12.7. The van der Waals surface area contributed by atoms with E-state index in [-0.39, 0.29) is 17.1 Å². The second kappa shape index (κ2) is 9.51. The molecule has 6 atom stereocenters. The molecule has 1 fully saturated rings. The molecular weight excluding hydrogens is 549 g/mol. The summed E-state index contributed by atoms with van der Waals surface area (Å²) in [5.74, 6) is 2.24. The zero-order valence-corrected chi connectivity index (χ0v) is 19.8. The number of hydrogen-bond acceptors (Lipinski definition) is 13. The third-order valence-electron chi connectivity index (χ3n) is 4.22. The average molecular weight is 565 g/mol. The molecule has 9 N–H and O–H groups in total. The van der Waals surface area contributed by atoms with Crippen molar-refractivity contribution in [3.8, 4) is 11.3 Å². The highest BCUT2D eigenvalue weighted by Gasteiger charge is 2.55. The summed E-state index contributed by atoms with van der Waals surface area (Å²) in [6.07, 6.45) is -2.10. The van der Waals surface area contributed by atoms with Gasteiger partial charge >= 0.3 is 23.5 Å². The van der Waals surface area contributed by atoms with Gasteiger partial charge in [0.1, 0.15) is 17.7 Å². The zero-order valence-electron chi connectivity index (χ0n) is 16.4. The Labute approximate surface area is 194 Å². The van der Waals surface area contributed by atoms with Crippen LogP contribution in [0.4, 0.5) is 5.95 Å². The number of nitrogen functional groups attached to an aromatic ring is 1. The molecule has 2 aromatic rings. The lowest BCUT2D eigenvalue weighted by Gasteiger charge is -2.27. The summed E-state index contributed by atoms with van der Waals surface area (Å²) in [4.78, 5) is 47.8. The van der Waals surface area contributed by atoms with Crippen LogP contribution in [0.2, 0.25) is 0 Å². The van der Waals surface area contributed by atoms with E-state index < -0.39 is 54.0 Å². The van der Waals surface area contributed by atoms with E-state index in [9.17, 15) is 28.6 Å². The van der Waals surface area contributed by atoms with Crippen LogP contribution in [0.25, 0.3) is 11.2 Å². The average Bonchev–Trinajstić information content (AvgIpc) is 3.17. The lowest BCUT2D eigenvalue weighted by molar-refractivity contribution is -0.0438. The lowest BCUT2D eigenvalue weighted by Crippen LogP contribution is -2.53. The van der Waals surface area contributed by atoms with Crippen molar-refractivity contribution in [2.24, 2.45) is 5.73 Å². The van der Waals surface area contributed by atoms with Crippen molar-refractivity contribution in [1.82, 2.24) is 19.5 Å². The summed E-state index contributed by atoms with van der Waals surface area (Å²) in [6, 6.07) is 0. The molecule has 3 unspecified atom stereocenters. The maximum Gasteiger partial charge on any atom is 0.490 e. The summed E-state index contributed by atoms with van der Waals surface area (Å²) in [5.41, 5.74) is 10.2. The normalized spacial score (nSPS) is 28.7. The first-order valence-electron chi connectivity index (χ1n) is 8.55. The lowest BCUT2D eigenvalue weighted by atomic mass is 9.92. The highest BCUT2D eigenvalue weighted by atomic mass is 35.5. The molecule has 0 amide bonds. The van der Waals surface area contributed by atoms with Crippen LogP contribution in [-0.2, 0) is 31.6 Å². The second-order valence-corrected chi connectivity index (χ2v) is 11.2. The molecule has 22 heteroatoms. The van der Waals surface area contributed by atoms with E-state index in [0.29, 0.717) is 0 Å². The van der Waals surface area contributed by atoms with Gasteiger partial charge in [0.15, 0.2) is 17.4 Å². The van der Waals surface area contributed by atoms with Crippen LogP contribution in [0.1, 0.15) is 6.23 Å². The fraction of sp³-hybridized carbons (Fsp3) is 0.417. The minimum Gasteiger partial charge on any atom is -0.387 e. The Morgan fingerprint density at radius 3 is 2.50 bits per heavy atom. The number of phosphoric acid groups is 3. The minimum absolute atomic E-state index is 0.122. The molecule has 0 spiro atoms. The van der Waals surface area contributed by atoms with Gasteiger partial charge in [0.25, 0.3) is 0 Å². The number of nitrogens with zero attached hydrogens (tertiary/aromatic N) is 4. The molecule has 2 aromatic heterocycles. The number of ether oxygens (including phenoxy) is 1. The Hall–Kier alpha value is -1.51. The monoisotopic (exact) mass is 564 g/mol. The predicted molar refractivity (Wildman–Crippen MR) is 110 cm³/mol. The van der Waals surface area contributed by atoms with E-state index in [0.717, 1.165) is 0 Å². The molecule has 1 aliphatic rings. The quantitative estimate of drug-likeness (QED) is 0.148. The number of aliphatic hydroxyl groups is 1. The van der Waals surface area contributed by atoms with Crippen molar-refractivity contribution in [3.63, 3.8) is 0 Å². The molecular formula is C12H16ClN6O12P3. The molecule has 1 aliphatic heterocycles. The van der Waals surface area contributed by atoms with E-state index in [1.807, 2.05) is 5.38 Å². The standard InChI is InChI=1S/C12H16ClN6O12P3/c13-2-1-12(15)8(20)7(4-28-33(24,25)31-34(26,27)30-32(21,22)23)29-10(12)19-5-17-6-3-16-11(14)18-9(6)19/h3,5,7-8,10,20H,4,15H2,(H,24,25)(H,26,27)(H2,14,16,18)(H2,21,22,23)/t7-,8+,10-,12?/m1/s1. The molecule has 18 nitrogen and oxygen atoms in total. The Bertz CT molecular complexity index is 1290. The number of hydrogen-bond donors (Lipinski definition) is 7. The number of imidazole rings is 1. The van der Waals surface area contributed by atoms with Crippen molar-refractivity contribution in [3.05, 3.63) is 12.5 Å². The van der Waals surface area contributed by atoms with Crippen LogP contribution in [0.5, 0.6) is 0 Å². The largest absolute Gasteiger partial charge is 0.490 e. The Kier molecular flexibility index (Phi) is 7.57. The molecule has 0 aromatic carbocycles. The van der Waals surface area contributed by atoms with Crippen LogP contribution in [0.15, 0.2) is 12.5 Å². The molecule has 34 heavy (non-hydrogen) atoms. The van der Waals surface area contributed by atoms with Gasteiger partial charge in [-0.15, -0.1) is 0 Å². The van der Waals surface area contributed by atoms with Gasteiger partial charge in [0, 0.05) is 5.38 Å². The molecule has 188 valence electrons. The number of aromatic nitrogens is 4.